The molecule has 0 aliphatic rings. The highest BCUT2D eigenvalue weighted by atomic mass is 127. The molecule has 18 heavy (non-hydrogen) atoms. The molecule has 4 heteroatoms. The van der Waals surface area contributed by atoms with Crippen molar-refractivity contribution in [2.24, 2.45) is 0 Å². The SMILES string of the molecule is Fc1ccc(CC(Br)c2ccc(I)cc2)cc1F. The van der Waals surface area contributed by atoms with E-state index in [0.717, 1.165) is 17.2 Å². The number of hydrogen-bond acceptors (Lipinski definition) is 0. The predicted molar refractivity (Wildman–Crippen MR) is 80.9 cm³/mol. The van der Waals surface area contributed by atoms with Crippen LogP contribution in [-0.4, -0.2) is 0 Å². The van der Waals surface area contributed by atoms with Crippen molar-refractivity contribution in [3.63, 3.8) is 0 Å². The second-order valence-corrected chi connectivity index (χ2v) is 6.32. The molecule has 0 heterocycles. The zero-order valence-corrected chi connectivity index (χ0v) is 13.1. The maximum atomic E-state index is 13.1. The van der Waals surface area contributed by atoms with E-state index < -0.39 is 11.6 Å². The third-order valence-corrected chi connectivity index (χ3v) is 4.20. The predicted octanol–water partition coefficient (Wildman–Crippen LogP) is 5.25. The Balaban J connectivity index is 2.13. The van der Waals surface area contributed by atoms with E-state index in [4.69, 9.17) is 0 Å². The van der Waals surface area contributed by atoms with Crippen molar-refractivity contribution >= 4 is 38.5 Å². The lowest BCUT2D eigenvalue weighted by Gasteiger charge is -2.10. The van der Waals surface area contributed by atoms with Crippen molar-refractivity contribution in [2.75, 3.05) is 0 Å². The molecule has 0 spiro atoms. The molecule has 0 saturated carbocycles. The quantitative estimate of drug-likeness (QED) is 0.468. The van der Waals surface area contributed by atoms with Gasteiger partial charge in [0.1, 0.15) is 0 Å². The van der Waals surface area contributed by atoms with Gasteiger partial charge in [-0.25, -0.2) is 8.78 Å². The molecule has 0 nitrogen and oxygen atoms in total. The molecule has 94 valence electrons. The zero-order valence-electron chi connectivity index (χ0n) is 9.34. The van der Waals surface area contributed by atoms with E-state index in [2.05, 4.69) is 38.5 Å². The molecule has 1 unspecified atom stereocenters. The third-order valence-electron chi connectivity index (χ3n) is 2.63. The van der Waals surface area contributed by atoms with E-state index in [1.807, 2.05) is 24.3 Å². The van der Waals surface area contributed by atoms with Crippen LogP contribution in [0.5, 0.6) is 0 Å². The van der Waals surface area contributed by atoms with Gasteiger partial charge in [-0.15, -0.1) is 0 Å². The van der Waals surface area contributed by atoms with Crippen molar-refractivity contribution in [3.8, 4) is 0 Å². The number of rotatable bonds is 3. The summed E-state index contributed by atoms with van der Waals surface area (Å²) in [5.74, 6) is -1.60. The van der Waals surface area contributed by atoms with Gasteiger partial charge in [-0.1, -0.05) is 34.1 Å². The fourth-order valence-corrected chi connectivity index (χ4v) is 2.70. The molecular formula is C14H10BrF2I. The second kappa shape index (κ2) is 6.10. The van der Waals surface area contributed by atoms with E-state index in [-0.39, 0.29) is 4.83 Å². The standard InChI is InChI=1S/C14H10BrF2I/c15-12(10-2-4-11(18)5-3-10)7-9-1-6-13(16)14(17)8-9/h1-6,8,12H,7H2. The molecule has 2 rings (SSSR count). The average Bonchev–Trinajstić information content (AvgIpc) is 2.34. The molecule has 0 bridgehead atoms. The molecule has 2 aromatic carbocycles. The Morgan fingerprint density at radius 3 is 2.28 bits per heavy atom. The van der Waals surface area contributed by atoms with Gasteiger partial charge in [0, 0.05) is 8.40 Å². The van der Waals surface area contributed by atoms with Crippen LogP contribution in [0.1, 0.15) is 16.0 Å². The Hall–Kier alpha value is -0.490. The molecule has 0 radical (unpaired) electrons. The number of benzene rings is 2. The van der Waals surface area contributed by atoms with E-state index >= 15 is 0 Å². The Bertz CT molecular complexity index is 540. The fraction of sp³-hybridized carbons (Fsp3) is 0.143. The summed E-state index contributed by atoms with van der Waals surface area (Å²) < 4.78 is 27.1. The molecule has 0 aliphatic carbocycles. The first-order chi connectivity index (χ1) is 8.56. The van der Waals surface area contributed by atoms with Crippen LogP contribution in [0.15, 0.2) is 42.5 Å². The van der Waals surface area contributed by atoms with Crippen LogP contribution in [0.2, 0.25) is 0 Å². The molecule has 0 N–H and O–H groups in total. The van der Waals surface area contributed by atoms with Crippen LogP contribution < -0.4 is 0 Å². The molecule has 0 aliphatic heterocycles. The number of halogens is 4. The van der Waals surface area contributed by atoms with Crippen molar-refractivity contribution < 1.29 is 8.78 Å². The highest BCUT2D eigenvalue weighted by molar-refractivity contribution is 14.1. The van der Waals surface area contributed by atoms with Crippen LogP contribution in [0, 0.1) is 15.2 Å². The van der Waals surface area contributed by atoms with Gasteiger partial charge in [-0.2, -0.15) is 0 Å². The van der Waals surface area contributed by atoms with Crippen LogP contribution in [-0.2, 0) is 6.42 Å². The van der Waals surface area contributed by atoms with Gasteiger partial charge in [0.2, 0.25) is 0 Å². The summed E-state index contributed by atoms with van der Waals surface area (Å²) in [7, 11) is 0. The van der Waals surface area contributed by atoms with E-state index in [0.29, 0.717) is 6.42 Å². The molecule has 1 atom stereocenters. The lowest BCUT2D eigenvalue weighted by atomic mass is 10.0. The molecule has 0 aromatic heterocycles. The van der Waals surface area contributed by atoms with Gasteiger partial charge < -0.3 is 0 Å². The molecule has 0 fully saturated rings. The zero-order chi connectivity index (χ0) is 13.1. The van der Waals surface area contributed by atoms with Gasteiger partial charge in [0.25, 0.3) is 0 Å². The second-order valence-electron chi connectivity index (χ2n) is 3.97. The summed E-state index contributed by atoms with van der Waals surface area (Å²) >= 11 is 5.82. The fourth-order valence-electron chi connectivity index (χ4n) is 1.66. The maximum Gasteiger partial charge on any atom is 0.159 e. The summed E-state index contributed by atoms with van der Waals surface area (Å²) in [5.41, 5.74) is 1.90. The smallest absolute Gasteiger partial charge is 0.159 e. The molecular weight excluding hydrogens is 413 g/mol. The molecule has 0 amide bonds. The van der Waals surface area contributed by atoms with Gasteiger partial charge in [-0.3, -0.25) is 0 Å². The first-order valence-electron chi connectivity index (χ1n) is 5.40. The Kier molecular flexibility index (Phi) is 4.72. The highest BCUT2D eigenvalue weighted by Crippen LogP contribution is 2.28. The van der Waals surface area contributed by atoms with Gasteiger partial charge >= 0.3 is 0 Å². The van der Waals surface area contributed by atoms with Gasteiger partial charge in [0.05, 0.1) is 0 Å². The number of hydrogen-bond donors (Lipinski definition) is 0. The highest BCUT2D eigenvalue weighted by Gasteiger charge is 2.10. The first kappa shape index (κ1) is 13.9. The first-order valence-corrected chi connectivity index (χ1v) is 7.39. The van der Waals surface area contributed by atoms with Gasteiger partial charge in [0.15, 0.2) is 11.6 Å². The summed E-state index contributed by atoms with van der Waals surface area (Å²) in [6.07, 6.45) is 0.623. The van der Waals surface area contributed by atoms with Gasteiger partial charge in [-0.05, 0) is 64.4 Å². The van der Waals surface area contributed by atoms with Crippen molar-refractivity contribution in [3.05, 3.63) is 68.8 Å². The lowest BCUT2D eigenvalue weighted by Crippen LogP contribution is -1.97. The minimum Gasteiger partial charge on any atom is -0.204 e. The van der Waals surface area contributed by atoms with Crippen LogP contribution in [0.25, 0.3) is 0 Å². The minimum absolute atomic E-state index is 0.0966. The topological polar surface area (TPSA) is 0 Å². The minimum atomic E-state index is -0.806. The molecule has 0 saturated heterocycles. The van der Waals surface area contributed by atoms with E-state index in [1.54, 1.807) is 6.07 Å². The third kappa shape index (κ3) is 3.51. The Morgan fingerprint density at radius 1 is 1.00 bits per heavy atom. The van der Waals surface area contributed by atoms with Crippen molar-refractivity contribution in [1.82, 2.24) is 0 Å². The largest absolute Gasteiger partial charge is 0.204 e. The maximum absolute atomic E-state index is 13.1. The molecule has 2 aromatic rings. The summed E-state index contributed by atoms with van der Waals surface area (Å²) in [6, 6.07) is 12.1. The van der Waals surface area contributed by atoms with E-state index in [1.165, 1.54) is 9.64 Å². The van der Waals surface area contributed by atoms with Crippen LogP contribution in [0.3, 0.4) is 0 Å². The monoisotopic (exact) mass is 422 g/mol. The summed E-state index contributed by atoms with van der Waals surface area (Å²) in [6.45, 7) is 0. The normalized spacial score (nSPS) is 12.4. The van der Waals surface area contributed by atoms with Crippen LogP contribution >= 0.6 is 38.5 Å². The van der Waals surface area contributed by atoms with E-state index in [9.17, 15) is 8.78 Å². The van der Waals surface area contributed by atoms with Crippen LogP contribution in [0.4, 0.5) is 8.78 Å². The Morgan fingerprint density at radius 2 is 1.67 bits per heavy atom. The van der Waals surface area contributed by atoms with Crippen molar-refractivity contribution in [1.29, 1.82) is 0 Å². The number of alkyl halides is 1. The summed E-state index contributed by atoms with van der Waals surface area (Å²) in [5, 5.41) is 0. The Labute approximate surface area is 127 Å². The van der Waals surface area contributed by atoms with Crippen molar-refractivity contribution in [2.45, 2.75) is 11.2 Å². The summed E-state index contributed by atoms with van der Waals surface area (Å²) in [4.78, 5) is 0.0966. The lowest BCUT2D eigenvalue weighted by molar-refractivity contribution is 0.507. The average molecular weight is 423 g/mol.